The Kier molecular flexibility index (Phi) is 5.48. The van der Waals surface area contributed by atoms with Crippen LogP contribution in [-0.4, -0.2) is 22.1 Å². The van der Waals surface area contributed by atoms with E-state index in [0.29, 0.717) is 5.69 Å². The highest BCUT2D eigenvalue weighted by molar-refractivity contribution is 7.13. The second-order valence-corrected chi connectivity index (χ2v) is 7.42. The number of fused-ring (bicyclic) bond motifs is 1. The molecule has 2 aromatic heterocycles. The summed E-state index contributed by atoms with van der Waals surface area (Å²) in [6.07, 6.45) is 4.59. The quantitative estimate of drug-likeness (QED) is 0.360. The normalized spacial score (nSPS) is 11.4. The van der Waals surface area contributed by atoms with Gasteiger partial charge in [-0.05, 0) is 36.2 Å². The Bertz CT molecular complexity index is 1180. The van der Waals surface area contributed by atoms with Crippen LogP contribution in [0.2, 0.25) is 0 Å². The molecule has 2 heterocycles. The largest absolute Gasteiger partial charge is 0.360 e. The van der Waals surface area contributed by atoms with Crippen molar-refractivity contribution in [2.75, 3.05) is 0 Å². The number of para-hydroxylation sites is 1. The minimum absolute atomic E-state index is 0.128. The van der Waals surface area contributed by atoms with Crippen LogP contribution < -0.4 is 5.43 Å². The van der Waals surface area contributed by atoms with Gasteiger partial charge in [0.25, 0.3) is 0 Å². The monoisotopic (exact) mass is 406 g/mol. The van der Waals surface area contributed by atoms with Crippen LogP contribution in [0.3, 0.4) is 0 Å². The third kappa shape index (κ3) is 4.25. The number of amides is 1. The van der Waals surface area contributed by atoms with Crippen molar-refractivity contribution in [2.45, 2.75) is 19.8 Å². The molecule has 0 fully saturated rings. The van der Waals surface area contributed by atoms with Crippen molar-refractivity contribution in [3.63, 3.8) is 0 Å². The number of aryl methyl sites for hydroxylation is 1. The summed E-state index contributed by atoms with van der Waals surface area (Å²) in [4.78, 5) is 19.9. The van der Waals surface area contributed by atoms with Gasteiger partial charge >= 0.3 is 0 Å². The van der Waals surface area contributed by atoms with Gasteiger partial charge < -0.3 is 4.98 Å². The molecule has 0 bridgehead atoms. The van der Waals surface area contributed by atoms with Gasteiger partial charge in [0, 0.05) is 33.6 Å². The summed E-state index contributed by atoms with van der Waals surface area (Å²) in [7, 11) is 0. The number of carbonyl (C=O) groups excluding carboxylic acids is 1. The van der Waals surface area contributed by atoms with Crippen LogP contribution in [0.4, 0.5) is 4.39 Å². The molecule has 0 aliphatic carbocycles. The number of aromatic amines is 1. The number of benzene rings is 2. The number of H-pyrrole nitrogens is 1. The molecule has 2 aromatic carbocycles. The Balaban J connectivity index is 1.39. The van der Waals surface area contributed by atoms with Crippen molar-refractivity contribution in [2.24, 2.45) is 5.10 Å². The Morgan fingerprint density at radius 1 is 1.28 bits per heavy atom. The summed E-state index contributed by atoms with van der Waals surface area (Å²) in [6.45, 7) is 2.11. The average Bonchev–Trinajstić information content (AvgIpc) is 3.36. The zero-order valence-corrected chi connectivity index (χ0v) is 16.6. The van der Waals surface area contributed by atoms with Gasteiger partial charge in [0.1, 0.15) is 10.8 Å². The third-order valence-corrected chi connectivity index (χ3v) is 5.53. The predicted octanol–water partition coefficient (Wildman–Crippen LogP) is 4.69. The second-order valence-electron chi connectivity index (χ2n) is 6.56. The van der Waals surface area contributed by atoms with Gasteiger partial charge in [-0.15, -0.1) is 11.3 Å². The summed E-state index contributed by atoms with van der Waals surface area (Å²) in [5.41, 5.74) is 7.29. The predicted molar refractivity (Wildman–Crippen MR) is 115 cm³/mol. The SMILES string of the molecule is CCc1cccc2c(/C=N/NC(=O)Cc3csc(-c4ccc(F)cc4)n3)c[nH]c12. The highest BCUT2D eigenvalue weighted by Gasteiger charge is 2.09. The molecule has 0 spiro atoms. The van der Waals surface area contributed by atoms with Gasteiger partial charge in [0.05, 0.1) is 18.3 Å². The molecule has 1 amide bonds. The molecule has 0 aliphatic rings. The number of nitrogens with one attached hydrogen (secondary N) is 2. The zero-order chi connectivity index (χ0) is 20.2. The second kappa shape index (κ2) is 8.36. The maximum Gasteiger partial charge on any atom is 0.246 e. The number of hydrazone groups is 1. The van der Waals surface area contributed by atoms with Crippen molar-refractivity contribution in [1.29, 1.82) is 0 Å². The third-order valence-electron chi connectivity index (χ3n) is 4.59. The molecular formula is C22H19FN4OS. The van der Waals surface area contributed by atoms with E-state index in [4.69, 9.17) is 0 Å². The number of thiazole rings is 1. The Morgan fingerprint density at radius 2 is 2.10 bits per heavy atom. The summed E-state index contributed by atoms with van der Waals surface area (Å²) < 4.78 is 13.0. The van der Waals surface area contributed by atoms with E-state index in [9.17, 15) is 9.18 Å². The zero-order valence-electron chi connectivity index (χ0n) is 15.8. The molecular weight excluding hydrogens is 387 g/mol. The van der Waals surface area contributed by atoms with Crippen molar-refractivity contribution in [1.82, 2.24) is 15.4 Å². The van der Waals surface area contributed by atoms with E-state index in [1.54, 1.807) is 18.3 Å². The summed E-state index contributed by atoms with van der Waals surface area (Å²) in [6, 6.07) is 12.3. The molecule has 7 heteroatoms. The first-order valence-corrected chi connectivity index (χ1v) is 10.1. The van der Waals surface area contributed by atoms with Gasteiger partial charge in [-0.3, -0.25) is 4.79 Å². The van der Waals surface area contributed by atoms with Crippen molar-refractivity contribution in [3.8, 4) is 10.6 Å². The molecule has 4 rings (SSSR count). The standard InChI is InChI=1S/C22H19FN4OS/c1-2-14-4-3-5-19-16(11-24-21(14)19)12-25-27-20(28)10-18-13-29-22(26-18)15-6-8-17(23)9-7-15/h3-9,11-13,24H,2,10H2,1H3,(H,27,28)/b25-12+. The van der Waals surface area contributed by atoms with Crippen molar-refractivity contribution in [3.05, 3.63) is 76.7 Å². The van der Waals surface area contributed by atoms with Crippen LogP contribution in [0.1, 0.15) is 23.7 Å². The first-order valence-electron chi connectivity index (χ1n) is 9.25. The van der Waals surface area contributed by atoms with E-state index in [1.807, 2.05) is 23.7 Å². The lowest BCUT2D eigenvalue weighted by Crippen LogP contribution is -2.19. The van der Waals surface area contributed by atoms with Gasteiger partial charge in [-0.25, -0.2) is 14.8 Å². The summed E-state index contributed by atoms with van der Waals surface area (Å²) in [5, 5.41) is 7.73. The van der Waals surface area contributed by atoms with Crippen LogP contribution in [0, 0.1) is 5.82 Å². The highest BCUT2D eigenvalue weighted by Crippen LogP contribution is 2.24. The molecule has 5 nitrogen and oxygen atoms in total. The fourth-order valence-electron chi connectivity index (χ4n) is 3.13. The first kappa shape index (κ1) is 19.0. The van der Waals surface area contributed by atoms with Crippen LogP contribution in [0.5, 0.6) is 0 Å². The molecule has 29 heavy (non-hydrogen) atoms. The fraction of sp³-hybridized carbons (Fsp3) is 0.136. The Labute approximate surface area is 171 Å². The summed E-state index contributed by atoms with van der Waals surface area (Å²) in [5.74, 6) is -0.532. The number of nitrogens with zero attached hydrogens (tertiary/aromatic N) is 2. The maximum absolute atomic E-state index is 13.0. The van der Waals surface area contributed by atoms with Gasteiger partial charge in [-0.1, -0.05) is 25.1 Å². The lowest BCUT2D eigenvalue weighted by Gasteiger charge is -1.99. The van der Waals surface area contributed by atoms with E-state index in [2.05, 4.69) is 33.5 Å². The Hall–Kier alpha value is -3.32. The van der Waals surface area contributed by atoms with E-state index < -0.39 is 0 Å². The number of hydrogen-bond donors (Lipinski definition) is 2. The minimum Gasteiger partial charge on any atom is -0.360 e. The topological polar surface area (TPSA) is 70.1 Å². The molecule has 146 valence electrons. The molecule has 0 saturated heterocycles. The van der Waals surface area contributed by atoms with Crippen LogP contribution in [0.15, 0.2) is 59.1 Å². The smallest absolute Gasteiger partial charge is 0.246 e. The van der Waals surface area contributed by atoms with E-state index in [0.717, 1.165) is 33.5 Å². The lowest BCUT2D eigenvalue weighted by molar-refractivity contribution is -0.120. The fourth-order valence-corrected chi connectivity index (χ4v) is 3.96. The Morgan fingerprint density at radius 3 is 2.90 bits per heavy atom. The molecule has 0 aliphatic heterocycles. The maximum atomic E-state index is 13.0. The number of carbonyl (C=O) groups is 1. The van der Waals surface area contributed by atoms with Crippen molar-refractivity contribution < 1.29 is 9.18 Å². The van der Waals surface area contributed by atoms with E-state index in [1.165, 1.54) is 29.0 Å². The number of rotatable bonds is 6. The summed E-state index contributed by atoms with van der Waals surface area (Å²) >= 11 is 1.42. The van der Waals surface area contributed by atoms with Gasteiger partial charge in [0.15, 0.2) is 0 Å². The van der Waals surface area contributed by atoms with Gasteiger partial charge in [0.2, 0.25) is 5.91 Å². The number of hydrogen-bond acceptors (Lipinski definition) is 4. The van der Waals surface area contributed by atoms with E-state index >= 15 is 0 Å². The molecule has 2 N–H and O–H groups in total. The lowest BCUT2D eigenvalue weighted by atomic mass is 10.1. The van der Waals surface area contributed by atoms with Crippen LogP contribution >= 0.6 is 11.3 Å². The average molecular weight is 406 g/mol. The van der Waals surface area contributed by atoms with Crippen LogP contribution in [-0.2, 0) is 17.6 Å². The highest BCUT2D eigenvalue weighted by atomic mass is 32.1. The van der Waals surface area contributed by atoms with Gasteiger partial charge in [-0.2, -0.15) is 5.10 Å². The number of aromatic nitrogens is 2. The van der Waals surface area contributed by atoms with Crippen LogP contribution in [0.25, 0.3) is 21.5 Å². The molecule has 0 saturated carbocycles. The molecule has 4 aromatic rings. The van der Waals surface area contributed by atoms with Crippen molar-refractivity contribution >= 4 is 34.4 Å². The van der Waals surface area contributed by atoms with E-state index in [-0.39, 0.29) is 18.1 Å². The molecule has 0 atom stereocenters. The minimum atomic E-state index is -0.288. The molecule has 0 unspecified atom stereocenters. The first-order chi connectivity index (χ1) is 14.1. The number of halogens is 1. The molecule has 0 radical (unpaired) electrons.